The fourth-order valence-corrected chi connectivity index (χ4v) is 1.76. The van der Waals surface area contributed by atoms with Crippen molar-refractivity contribution in [1.29, 1.82) is 0 Å². The van der Waals surface area contributed by atoms with Crippen molar-refractivity contribution in [3.8, 4) is 0 Å². The van der Waals surface area contributed by atoms with Gasteiger partial charge in [-0.15, -0.1) is 0 Å². The third-order valence-electron chi connectivity index (χ3n) is 1.85. The number of hydrogen-bond donors (Lipinski definition) is 2. The molecule has 0 unspecified atom stereocenters. The number of nitrogens with two attached hydrogens (primary N) is 1. The van der Waals surface area contributed by atoms with Crippen LogP contribution in [0, 0.1) is 0 Å². The van der Waals surface area contributed by atoms with Crippen LogP contribution >= 0.6 is 23.2 Å². The molecule has 82 valence electrons. The molecule has 1 rings (SSSR count). The minimum Gasteiger partial charge on any atom is -0.399 e. The Hall–Kier alpha value is -0.860. The van der Waals surface area contributed by atoms with Gasteiger partial charge in [-0.1, -0.05) is 34.9 Å². The van der Waals surface area contributed by atoms with Crippen molar-refractivity contribution in [2.75, 3.05) is 17.6 Å². The first-order valence-electron chi connectivity index (χ1n) is 4.62. The molecule has 0 heterocycles. The van der Waals surface area contributed by atoms with Gasteiger partial charge in [-0.05, 0) is 26.0 Å². The van der Waals surface area contributed by atoms with Crippen LogP contribution in [0.5, 0.6) is 0 Å². The number of halogens is 2. The molecule has 3 N–H and O–H groups in total. The van der Waals surface area contributed by atoms with Crippen LogP contribution in [0.3, 0.4) is 0 Å². The maximum absolute atomic E-state index is 6.00. The molecule has 0 amide bonds. The molecule has 0 aliphatic carbocycles. The number of nitrogens with one attached hydrogen (secondary N) is 1. The second kappa shape index (κ2) is 5.29. The van der Waals surface area contributed by atoms with Crippen LogP contribution in [0.15, 0.2) is 23.8 Å². The maximum Gasteiger partial charge on any atom is 0.0722 e. The van der Waals surface area contributed by atoms with E-state index in [0.717, 1.165) is 5.69 Å². The lowest BCUT2D eigenvalue weighted by Crippen LogP contribution is -2.01. The highest BCUT2D eigenvalue weighted by Gasteiger charge is 2.05. The zero-order valence-electron chi connectivity index (χ0n) is 8.77. The van der Waals surface area contributed by atoms with Crippen LogP contribution in [0.1, 0.15) is 13.8 Å². The molecule has 0 radical (unpaired) electrons. The van der Waals surface area contributed by atoms with Crippen LogP contribution in [0.2, 0.25) is 10.0 Å². The zero-order chi connectivity index (χ0) is 11.4. The van der Waals surface area contributed by atoms with E-state index in [-0.39, 0.29) is 0 Å². The predicted molar refractivity (Wildman–Crippen MR) is 68.8 cm³/mol. The largest absolute Gasteiger partial charge is 0.399 e. The Morgan fingerprint density at radius 3 is 2.33 bits per heavy atom. The van der Waals surface area contributed by atoms with Crippen LogP contribution in [-0.2, 0) is 0 Å². The van der Waals surface area contributed by atoms with Gasteiger partial charge in [-0.2, -0.15) is 0 Å². The van der Waals surface area contributed by atoms with E-state index in [1.54, 1.807) is 12.1 Å². The molecule has 0 spiro atoms. The molecule has 1 aromatic rings. The van der Waals surface area contributed by atoms with Crippen molar-refractivity contribution in [1.82, 2.24) is 0 Å². The molecule has 0 bridgehead atoms. The van der Waals surface area contributed by atoms with E-state index in [9.17, 15) is 0 Å². The van der Waals surface area contributed by atoms with Gasteiger partial charge in [0.25, 0.3) is 0 Å². The van der Waals surface area contributed by atoms with E-state index in [0.29, 0.717) is 22.3 Å². The first kappa shape index (κ1) is 12.2. The third kappa shape index (κ3) is 3.65. The van der Waals surface area contributed by atoms with Gasteiger partial charge in [0, 0.05) is 12.2 Å². The standard InChI is InChI=1S/C11H14Cl2N2/c1-7(2)3-4-15-11-9(12)5-8(14)6-10(11)13/h3,5-6,15H,4,14H2,1-2H3. The van der Waals surface area contributed by atoms with Crippen molar-refractivity contribution < 1.29 is 0 Å². The Labute approximate surface area is 100 Å². The monoisotopic (exact) mass is 244 g/mol. The Bertz CT molecular complexity index is 359. The van der Waals surface area contributed by atoms with Crippen LogP contribution in [-0.4, -0.2) is 6.54 Å². The molecule has 0 saturated carbocycles. The molecule has 0 aromatic heterocycles. The van der Waals surface area contributed by atoms with Gasteiger partial charge in [0.2, 0.25) is 0 Å². The summed E-state index contributed by atoms with van der Waals surface area (Å²) in [5, 5.41) is 4.23. The topological polar surface area (TPSA) is 38.0 Å². The molecule has 15 heavy (non-hydrogen) atoms. The highest BCUT2D eigenvalue weighted by Crippen LogP contribution is 2.32. The van der Waals surface area contributed by atoms with Gasteiger partial charge in [0.05, 0.1) is 15.7 Å². The van der Waals surface area contributed by atoms with E-state index in [2.05, 4.69) is 11.4 Å². The Morgan fingerprint density at radius 1 is 1.33 bits per heavy atom. The summed E-state index contributed by atoms with van der Waals surface area (Å²) in [5.74, 6) is 0. The van der Waals surface area contributed by atoms with Gasteiger partial charge in [0.1, 0.15) is 0 Å². The Balaban J connectivity index is 2.81. The summed E-state index contributed by atoms with van der Waals surface area (Å²) >= 11 is 12.0. The molecule has 0 fully saturated rings. The molecule has 0 atom stereocenters. The van der Waals surface area contributed by atoms with Crippen LogP contribution in [0.4, 0.5) is 11.4 Å². The number of rotatable bonds is 3. The number of nitrogen functional groups attached to an aromatic ring is 1. The summed E-state index contributed by atoms with van der Waals surface area (Å²) in [7, 11) is 0. The first-order chi connectivity index (χ1) is 7.00. The number of anilines is 2. The van der Waals surface area contributed by atoms with Crippen molar-refractivity contribution in [2.24, 2.45) is 0 Å². The molecule has 2 nitrogen and oxygen atoms in total. The summed E-state index contributed by atoms with van der Waals surface area (Å²) in [6, 6.07) is 3.36. The predicted octanol–water partition coefficient (Wildman–Crippen LogP) is 3.95. The molecular formula is C11H14Cl2N2. The van der Waals surface area contributed by atoms with Gasteiger partial charge >= 0.3 is 0 Å². The van der Waals surface area contributed by atoms with Crippen molar-refractivity contribution in [3.05, 3.63) is 33.8 Å². The van der Waals surface area contributed by atoms with E-state index in [4.69, 9.17) is 28.9 Å². The van der Waals surface area contributed by atoms with E-state index in [1.165, 1.54) is 5.57 Å². The van der Waals surface area contributed by atoms with Gasteiger partial charge in [-0.3, -0.25) is 0 Å². The minimum absolute atomic E-state index is 0.544. The van der Waals surface area contributed by atoms with E-state index < -0.39 is 0 Å². The molecule has 0 aliphatic rings. The first-order valence-corrected chi connectivity index (χ1v) is 5.38. The summed E-state index contributed by atoms with van der Waals surface area (Å²) < 4.78 is 0. The molecule has 4 heteroatoms. The highest BCUT2D eigenvalue weighted by molar-refractivity contribution is 6.39. The average molecular weight is 245 g/mol. The second-order valence-electron chi connectivity index (χ2n) is 3.52. The van der Waals surface area contributed by atoms with Gasteiger partial charge < -0.3 is 11.1 Å². The smallest absolute Gasteiger partial charge is 0.0722 e. The van der Waals surface area contributed by atoms with Crippen molar-refractivity contribution >= 4 is 34.6 Å². The fourth-order valence-electron chi connectivity index (χ4n) is 1.12. The third-order valence-corrected chi connectivity index (χ3v) is 2.45. The highest BCUT2D eigenvalue weighted by atomic mass is 35.5. The second-order valence-corrected chi connectivity index (χ2v) is 4.34. The zero-order valence-corrected chi connectivity index (χ0v) is 10.3. The Kier molecular flexibility index (Phi) is 4.30. The molecule has 0 aliphatic heterocycles. The quantitative estimate of drug-likeness (QED) is 0.625. The SMILES string of the molecule is CC(C)=CCNc1c(Cl)cc(N)cc1Cl. The molecule has 0 saturated heterocycles. The fraction of sp³-hybridized carbons (Fsp3) is 0.273. The lowest BCUT2D eigenvalue weighted by Gasteiger charge is -2.09. The van der Waals surface area contributed by atoms with Crippen molar-refractivity contribution in [3.63, 3.8) is 0 Å². The lowest BCUT2D eigenvalue weighted by molar-refractivity contribution is 1.26. The van der Waals surface area contributed by atoms with E-state index in [1.807, 2.05) is 13.8 Å². The average Bonchev–Trinajstić information content (AvgIpc) is 2.08. The minimum atomic E-state index is 0.544. The van der Waals surface area contributed by atoms with Gasteiger partial charge in [-0.25, -0.2) is 0 Å². The van der Waals surface area contributed by atoms with Crippen LogP contribution < -0.4 is 11.1 Å². The number of hydrogen-bond acceptors (Lipinski definition) is 2. The summed E-state index contributed by atoms with van der Waals surface area (Å²) in [6.45, 7) is 4.77. The normalized spacial score (nSPS) is 9.87. The summed E-state index contributed by atoms with van der Waals surface area (Å²) in [6.07, 6.45) is 2.06. The molecular weight excluding hydrogens is 231 g/mol. The summed E-state index contributed by atoms with van der Waals surface area (Å²) in [4.78, 5) is 0. The number of allylic oxidation sites excluding steroid dienone is 1. The maximum atomic E-state index is 6.00. The van der Waals surface area contributed by atoms with E-state index >= 15 is 0 Å². The van der Waals surface area contributed by atoms with Crippen molar-refractivity contribution in [2.45, 2.75) is 13.8 Å². The van der Waals surface area contributed by atoms with Crippen LogP contribution in [0.25, 0.3) is 0 Å². The Morgan fingerprint density at radius 2 is 1.87 bits per heavy atom. The lowest BCUT2D eigenvalue weighted by atomic mass is 10.2. The number of benzene rings is 1. The molecule has 1 aromatic carbocycles. The summed E-state index contributed by atoms with van der Waals surface area (Å²) in [5.41, 5.74) is 8.13. The van der Waals surface area contributed by atoms with Gasteiger partial charge in [0.15, 0.2) is 0 Å².